The van der Waals surface area contributed by atoms with E-state index in [1.165, 1.54) is 122 Å². The van der Waals surface area contributed by atoms with Crippen molar-refractivity contribution < 1.29 is 28.6 Å². The Balaban J connectivity index is 4.19. The van der Waals surface area contributed by atoms with Crippen molar-refractivity contribution in [2.24, 2.45) is 0 Å². The highest BCUT2D eigenvalue weighted by atomic mass is 16.6. The average Bonchev–Trinajstić information content (AvgIpc) is 3.26. The van der Waals surface area contributed by atoms with Gasteiger partial charge in [0.15, 0.2) is 6.10 Å². The van der Waals surface area contributed by atoms with Crippen molar-refractivity contribution in [3.05, 3.63) is 60.8 Å². The molecule has 0 saturated carbocycles. The molecule has 0 aromatic carbocycles. The number of allylic oxidation sites excluding steroid dienone is 10. The molecule has 0 amide bonds. The van der Waals surface area contributed by atoms with Crippen LogP contribution in [0.2, 0.25) is 0 Å². The van der Waals surface area contributed by atoms with Crippen LogP contribution in [0.5, 0.6) is 0 Å². The highest BCUT2D eigenvalue weighted by Crippen LogP contribution is 2.16. The number of carbonyl (C=O) groups is 3. The molecule has 0 spiro atoms. The van der Waals surface area contributed by atoms with Gasteiger partial charge in [0.2, 0.25) is 0 Å². The van der Waals surface area contributed by atoms with Crippen LogP contribution in [0.15, 0.2) is 60.8 Å². The van der Waals surface area contributed by atoms with E-state index in [9.17, 15) is 14.4 Å². The van der Waals surface area contributed by atoms with Gasteiger partial charge in [0.25, 0.3) is 0 Å². The second kappa shape index (κ2) is 49.8. The summed E-state index contributed by atoms with van der Waals surface area (Å²) in [5.74, 6) is -0.963. The highest BCUT2D eigenvalue weighted by Gasteiger charge is 2.19. The summed E-state index contributed by atoms with van der Waals surface area (Å²) in [6.07, 6.45) is 61.2. The molecule has 0 fully saturated rings. The van der Waals surface area contributed by atoms with Gasteiger partial charge in [-0.2, -0.15) is 0 Å². The van der Waals surface area contributed by atoms with E-state index in [2.05, 4.69) is 81.5 Å². The maximum Gasteiger partial charge on any atom is 0.306 e. The van der Waals surface area contributed by atoms with E-state index >= 15 is 0 Å². The molecule has 0 aliphatic heterocycles. The molecule has 6 nitrogen and oxygen atoms in total. The van der Waals surface area contributed by atoms with Gasteiger partial charge in [0.05, 0.1) is 0 Å². The van der Waals surface area contributed by atoms with Gasteiger partial charge in [0, 0.05) is 19.3 Å². The molecule has 0 heterocycles. The van der Waals surface area contributed by atoms with Crippen LogP contribution in [0.3, 0.4) is 0 Å². The van der Waals surface area contributed by atoms with Crippen molar-refractivity contribution in [2.45, 2.75) is 258 Å². The van der Waals surface area contributed by atoms with Gasteiger partial charge in [-0.1, -0.05) is 236 Å². The van der Waals surface area contributed by atoms with Crippen molar-refractivity contribution in [1.29, 1.82) is 0 Å². The lowest BCUT2D eigenvalue weighted by Gasteiger charge is -2.18. The number of carbonyl (C=O) groups excluding carboxylic acids is 3. The molecule has 0 aliphatic rings. The first kappa shape index (κ1) is 58.1. The van der Waals surface area contributed by atoms with Gasteiger partial charge in [-0.25, -0.2) is 0 Å². The van der Waals surface area contributed by atoms with E-state index in [1.807, 2.05) is 0 Å². The van der Waals surface area contributed by atoms with Crippen LogP contribution in [0.1, 0.15) is 252 Å². The molecule has 0 aliphatic carbocycles. The average molecular weight is 853 g/mol. The monoisotopic (exact) mass is 853 g/mol. The van der Waals surface area contributed by atoms with E-state index in [4.69, 9.17) is 14.2 Å². The molecular formula is C55H96O6. The van der Waals surface area contributed by atoms with Crippen molar-refractivity contribution in [1.82, 2.24) is 0 Å². The molecule has 61 heavy (non-hydrogen) atoms. The first-order valence-electron chi connectivity index (χ1n) is 25.8. The van der Waals surface area contributed by atoms with Gasteiger partial charge in [-0.3, -0.25) is 14.4 Å². The summed E-state index contributed by atoms with van der Waals surface area (Å²) in [6.45, 7) is 6.41. The molecule has 0 bridgehead atoms. The fourth-order valence-corrected chi connectivity index (χ4v) is 7.18. The third kappa shape index (κ3) is 48.0. The fourth-order valence-electron chi connectivity index (χ4n) is 7.18. The summed E-state index contributed by atoms with van der Waals surface area (Å²) in [6, 6.07) is 0. The lowest BCUT2D eigenvalue weighted by atomic mass is 10.0. The third-order valence-corrected chi connectivity index (χ3v) is 11.0. The fraction of sp³-hybridized carbons (Fsp3) is 0.764. The molecule has 1 atom stereocenters. The van der Waals surface area contributed by atoms with Crippen molar-refractivity contribution in [3.63, 3.8) is 0 Å². The Morgan fingerprint density at radius 2 is 0.639 bits per heavy atom. The van der Waals surface area contributed by atoms with E-state index < -0.39 is 6.10 Å². The Morgan fingerprint density at radius 1 is 0.344 bits per heavy atom. The second-order valence-electron chi connectivity index (χ2n) is 17.1. The molecule has 6 heteroatoms. The quantitative estimate of drug-likeness (QED) is 0.0263. The number of hydrogen-bond donors (Lipinski definition) is 0. The normalized spacial score (nSPS) is 12.5. The summed E-state index contributed by atoms with van der Waals surface area (Å²) in [5.41, 5.74) is 0. The Hall–Kier alpha value is -2.89. The summed E-state index contributed by atoms with van der Waals surface area (Å²) in [4.78, 5) is 37.6. The van der Waals surface area contributed by atoms with Crippen LogP contribution in [-0.2, 0) is 28.6 Å². The van der Waals surface area contributed by atoms with Gasteiger partial charge < -0.3 is 14.2 Å². The molecular weight excluding hydrogens is 757 g/mol. The van der Waals surface area contributed by atoms with Gasteiger partial charge in [-0.05, 0) is 57.8 Å². The van der Waals surface area contributed by atoms with Crippen LogP contribution in [0, 0.1) is 0 Å². The Labute approximate surface area is 377 Å². The van der Waals surface area contributed by atoms with Gasteiger partial charge in [-0.15, -0.1) is 0 Å². The van der Waals surface area contributed by atoms with E-state index in [0.717, 1.165) is 83.5 Å². The highest BCUT2D eigenvalue weighted by molar-refractivity contribution is 5.71. The van der Waals surface area contributed by atoms with Crippen LogP contribution < -0.4 is 0 Å². The van der Waals surface area contributed by atoms with Crippen molar-refractivity contribution in [3.8, 4) is 0 Å². The number of rotatable bonds is 46. The van der Waals surface area contributed by atoms with Crippen LogP contribution in [0.25, 0.3) is 0 Å². The van der Waals surface area contributed by atoms with Crippen LogP contribution >= 0.6 is 0 Å². The first-order valence-corrected chi connectivity index (χ1v) is 25.8. The number of hydrogen-bond acceptors (Lipinski definition) is 6. The largest absolute Gasteiger partial charge is 0.462 e. The molecule has 0 rings (SSSR count). The van der Waals surface area contributed by atoms with E-state index in [0.29, 0.717) is 19.3 Å². The molecule has 0 saturated heterocycles. The van der Waals surface area contributed by atoms with E-state index in [1.54, 1.807) is 0 Å². The molecule has 1 unspecified atom stereocenters. The predicted octanol–water partition coefficient (Wildman–Crippen LogP) is 16.9. The standard InChI is InChI=1S/C55H96O6/c1-4-7-10-13-15-17-19-21-23-25-26-27-28-30-31-33-35-37-39-42-45-48-54(57)60-51-52(50-59-53(56)47-44-41-12-9-6-3)61-55(58)49-46-43-40-38-36-34-32-29-24-22-20-18-16-14-11-8-5-2/h8,11,16,18,22,24,32,34,38,40,52H,4-7,9-10,12-15,17,19-21,23,25-31,33,35-37,39,41-51H2,1-3H3/b11-8-,18-16-,24-22-,34-32-,40-38-. The van der Waals surface area contributed by atoms with E-state index in [-0.39, 0.29) is 37.5 Å². The lowest BCUT2D eigenvalue weighted by Crippen LogP contribution is -2.30. The van der Waals surface area contributed by atoms with Crippen LogP contribution in [0.4, 0.5) is 0 Å². The number of esters is 3. The molecule has 0 N–H and O–H groups in total. The number of unbranched alkanes of at least 4 members (excludes halogenated alkanes) is 25. The number of ether oxygens (including phenoxy) is 3. The zero-order valence-electron chi connectivity index (χ0n) is 40.2. The Bertz CT molecular complexity index is 1120. The minimum absolute atomic E-state index is 0.0949. The Kier molecular flexibility index (Phi) is 47.4. The molecule has 0 aromatic heterocycles. The minimum atomic E-state index is -0.797. The van der Waals surface area contributed by atoms with Gasteiger partial charge >= 0.3 is 17.9 Å². The predicted molar refractivity (Wildman–Crippen MR) is 261 cm³/mol. The maximum absolute atomic E-state index is 12.7. The van der Waals surface area contributed by atoms with Crippen LogP contribution in [-0.4, -0.2) is 37.2 Å². The zero-order valence-corrected chi connectivity index (χ0v) is 40.2. The zero-order chi connectivity index (χ0) is 44.4. The minimum Gasteiger partial charge on any atom is -0.462 e. The summed E-state index contributed by atoms with van der Waals surface area (Å²) in [7, 11) is 0. The second-order valence-corrected chi connectivity index (χ2v) is 17.1. The maximum atomic E-state index is 12.7. The van der Waals surface area contributed by atoms with Gasteiger partial charge in [0.1, 0.15) is 13.2 Å². The molecule has 0 radical (unpaired) electrons. The molecule has 352 valence electrons. The van der Waals surface area contributed by atoms with Crippen molar-refractivity contribution in [2.75, 3.05) is 13.2 Å². The Morgan fingerprint density at radius 3 is 0.984 bits per heavy atom. The summed E-state index contributed by atoms with van der Waals surface area (Å²) >= 11 is 0. The smallest absolute Gasteiger partial charge is 0.306 e. The SMILES string of the molecule is CC/C=C\C/C=C\C/C=C\C/C=C\C/C=C\CCCC(=O)OC(COC(=O)CCCCCCC)COC(=O)CCCCCCCCCCCCCCCCCCCCCCC. The van der Waals surface area contributed by atoms with Crippen molar-refractivity contribution >= 4 is 17.9 Å². The lowest BCUT2D eigenvalue weighted by molar-refractivity contribution is -0.167. The summed E-state index contributed by atoms with van der Waals surface area (Å²) in [5, 5.41) is 0. The first-order chi connectivity index (χ1) is 30.0. The molecule has 0 aromatic rings. The third-order valence-electron chi connectivity index (χ3n) is 11.0. The summed E-state index contributed by atoms with van der Waals surface area (Å²) < 4.78 is 16.6. The topological polar surface area (TPSA) is 78.9 Å².